The molecule has 0 saturated heterocycles. The van der Waals surface area contributed by atoms with Crippen molar-refractivity contribution in [2.24, 2.45) is 5.41 Å². The molecule has 4 heteroatoms. The van der Waals surface area contributed by atoms with Gasteiger partial charge >= 0.3 is 5.97 Å². The molecule has 1 aromatic rings. The number of rotatable bonds is 6. The first-order chi connectivity index (χ1) is 8.17. The molecular formula is C13H18N2O2. The Kier molecular flexibility index (Phi) is 3.31. The van der Waals surface area contributed by atoms with Gasteiger partial charge in [-0.2, -0.15) is 0 Å². The van der Waals surface area contributed by atoms with Crippen molar-refractivity contribution < 1.29 is 9.90 Å². The number of hydrogen-bond acceptors (Lipinski definition) is 3. The minimum Gasteiger partial charge on any atom is -0.476 e. The molecule has 2 N–H and O–H groups in total. The molecule has 0 aliphatic heterocycles. The number of anilines is 1. The second-order valence-electron chi connectivity index (χ2n) is 4.81. The molecule has 1 aliphatic carbocycles. The molecule has 1 saturated carbocycles. The predicted octanol–water partition coefficient (Wildman–Crippen LogP) is 2.77. The number of aromatic nitrogens is 1. The Labute approximate surface area is 101 Å². The smallest absolute Gasteiger partial charge is 0.356 e. The van der Waals surface area contributed by atoms with Gasteiger partial charge in [0.15, 0.2) is 5.69 Å². The highest BCUT2D eigenvalue weighted by Crippen LogP contribution is 2.49. The van der Waals surface area contributed by atoms with E-state index in [4.69, 9.17) is 5.11 Å². The van der Waals surface area contributed by atoms with E-state index in [0.29, 0.717) is 11.1 Å². The monoisotopic (exact) mass is 234 g/mol. The van der Waals surface area contributed by atoms with Crippen molar-refractivity contribution in [2.45, 2.75) is 32.6 Å². The number of hydrogen-bond donors (Lipinski definition) is 2. The third-order valence-corrected chi connectivity index (χ3v) is 3.40. The Bertz CT molecular complexity index is 414. The number of aromatic carboxylic acids is 1. The molecule has 4 nitrogen and oxygen atoms in total. The first kappa shape index (κ1) is 11.9. The molecule has 1 aliphatic rings. The van der Waals surface area contributed by atoms with E-state index in [1.165, 1.54) is 31.9 Å². The topological polar surface area (TPSA) is 62.2 Å². The standard InChI is InChI=1S/C13H18N2O2/c1-2-5-13(6-7-13)9-15-10-4-3-8-14-11(10)12(16)17/h3-4,8,15H,2,5-7,9H2,1H3,(H,16,17). The van der Waals surface area contributed by atoms with Gasteiger partial charge in [0.25, 0.3) is 0 Å². The summed E-state index contributed by atoms with van der Waals surface area (Å²) < 4.78 is 0. The summed E-state index contributed by atoms with van der Waals surface area (Å²) in [6, 6.07) is 3.53. The SMILES string of the molecule is CCCC1(CNc2cccnc2C(=O)O)CC1. The lowest BCUT2D eigenvalue weighted by molar-refractivity contribution is 0.0691. The summed E-state index contributed by atoms with van der Waals surface area (Å²) in [5.74, 6) is -0.978. The van der Waals surface area contributed by atoms with Crippen LogP contribution >= 0.6 is 0 Å². The average molecular weight is 234 g/mol. The van der Waals surface area contributed by atoms with Crippen LogP contribution in [0, 0.1) is 5.41 Å². The summed E-state index contributed by atoms with van der Waals surface area (Å²) in [5.41, 5.74) is 1.14. The summed E-state index contributed by atoms with van der Waals surface area (Å²) in [6.45, 7) is 3.04. The molecule has 0 atom stereocenters. The van der Waals surface area contributed by atoms with Crippen LogP contribution in [0.3, 0.4) is 0 Å². The Morgan fingerprint density at radius 2 is 2.35 bits per heavy atom. The quantitative estimate of drug-likeness (QED) is 0.794. The molecule has 0 radical (unpaired) electrons. The van der Waals surface area contributed by atoms with Crippen LogP contribution in [0.25, 0.3) is 0 Å². The van der Waals surface area contributed by atoms with Crippen molar-refractivity contribution in [3.8, 4) is 0 Å². The molecule has 2 rings (SSSR count). The van der Waals surface area contributed by atoms with Crippen molar-refractivity contribution >= 4 is 11.7 Å². The largest absolute Gasteiger partial charge is 0.476 e. The fourth-order valence-electron chi connectivity index (χ4n) is 2.22. The maximum absolute atomic E-state index is 11.0. The van der Waals surface area contributed by atoms with E-state index in [1.807, 2.05) is 0 Å². The van der Waals surface area contributed by atoms with E-state index < -0.39 is 5.97 Å². The molecule has 1 aromatic heterocycles. The van der Waals surface area contributed by atoms with Gasteiger partial charge in [-0.15, -0.1) is 0 Å². The highest BCUT2D eigenvalue weighted by atomic mass is 16.4. The lowest BCUT2D eigenvalue weighted by Crippen LogP contribution is -2.17. The first-order valence-corrected chi connectivity index (χ1v) is 6.09. The third-order valence-electron chi connectivity index (χ3n) is 3.40. The Morgan fingerprint density at radius 3 is 2.94 bits per heavy atom. The van der Waals surface area contributed by atoms with Gasteiger partial charge in [-0.3, -0.25) is 0 Å². The summed E-state index contributed by atoms with van der Waals surface area (Å²) >= 11 is 0. The molecule has 0 spiro atoms. The van der Waals surface area contributed by atoms with Gasteiger partial charge < -0.3 is 10.4 Å². The Morgan fingerprint density at radius 1 is 1.59 bits per heavy atom. The zero-order chi connectivity index (χ0) is 12.3. The normalized spacial score (nSPS) is 16.5. The van der Waals surface area contributed by atoms with Gasteiger partial charge in [-0.05, 0) is 36.8 Å². The minimum atomic E-state index is -0.978. The molecule has 0 unspecified atom stereocenters. The van der Waals surface area contributed by atoms with Gasteiger partial charge in [0.05, 0.1) is 5.69 Å². The van der Waals surface area contributed by atoms with Gasteiger partial charge in [-0.1, -0.05) is 13.3 Å². The number of carbonyl (C=O) groups is 1. The third kappa shape index (κ3) is 2.75. The second kappa shape index (κ2) is 4.73. The lowest BCUT2D eigenvalue weighted by Gasteiger charge is -2.16. The average Bonchev–Trinajstić information content (AvgIpc) is 3.08. The number of carboxylic acids is 1. The van der Waals surface area contributed by atoms with Crippen molar-refractivity contribution in [1.82, 2.24) is 4.98 Å². The summed E-state index contributed by atoms with van der Waals surface area (Å²) in [4.78, 5) is 14.9. The van der Waals surface area contributed by atoms with Gasteiger partial charge in [0.1, 0.15) is 0 Å². The van der Waals surface area contributed by atoms with Crippen LogP contribution in [-0.4, -0.2) is 22.6 Å². The van der Waals surface area contributed by atoms with Crippen molar-refractivity contribution in [2.75, 3.05) is 11.9 Å². The van der Waals surface area contributed by atoms with Gasteiger partial charge in [0.2, 0.25) is 0 Å². The fraction of sp³-hybridized carbons (Fsp3) is 0.538. The van der Waals surface area contributed by atoms with E-state index in [-0.39, 0.29) is 5.69 Å². The van der Waals surface area contributed by atoms with E-state index in [1.54, 1.807) is 12.1 Å². The maximum atomic E-state index is 11.0. The van der Waals surface area contributed by atoms with Crippen LogP contribution in [0.15, 0.2) is 18.3 Å². The first-order valence-electron chi connectivity index (χ1n) is 6.09. The molecule has 1 heterocycles. The highest BCUT2D eigenvalue weighted by molar-refractivity contribution is 5.91. The lowest BCUT2D eigenvalue weighted by atomic mass is 10.0. The van der Waals surface area contributed by atoms with Crippen LogP contribution in [0.2, 0.25) is 0 Å². The summed E-state index contributed by atoms with van der Waals surface area (Å²) in [6.07, 6.45) is 6.39. The molecule has 0 amide bonds. The van der Waals surface area contributed by atoms with E-state index in [0.717, 1.165) is 6.54 Å². The summed E-state index contributed by atoms with van der Waals surface area (Å²) in [7, 11) is 0. The maximum Gasteiger partial charge on any atom is 0.356 e. The highest BCUT2D eigenvalue weighted by Gasteiger charge is 2.41. The number of nitrogens with one attached hydrogen (secondary N) is 1. The van der Waals surface area contributed by atoms with Crippen molar-refractivity contribution in [3.05, 3.63) is 24.0 Å². The Balaban J connectivity index is 2.02. The molecule has 0 bridgehead atoms. The predicted molar refractivity (Wildman–Crippen MR) is 66.3 cm³/mol. The van der Waals surface area contributed by atoms with E-state index in [2.05, 4.69) is 17.2 Å². The molecule has 92 valence electrons. The minimum absolute atomic E-state index is 0.111. The van der Waals surface area contributed by atoms with Crippen LogP contribution in [0.4, 0.5) is 5.69 Å². The zero-order valence-corrected chi connectivity index (χ0v) is 10.1. The van der Waals surface area contributed by atoms with Crippen LogP contribution in [0.5, 0.6) is 0 Å². The van der Waals surface area contributed by atoms with Crippen LogP contribution in [0.1, 0.15) is 43.1 Å². The molecule has 17 heavy (non-hydrogen) atoms. The van der Waals surface area contributed by atoms with Crippen LogP contribution in [-0.2, 0) is 0 Å². The van der Waals surface area contributed by atoms with Crippen LogP contribution < -0.4 is 5.32 Å². The summed E-state index contributed by atoms with van der Waals surface area (Å²) in [5, 5.41) is 12.3. The van der Waals surface area contributed by atoms with Gasteiger partial charge in [-0.25, -0.2) is 9.78 Å². The van der Waals surface area contributed by atoms with Crippen molar-refractivity contribution in [1.29, 1.82) is 0 Å². The number of nitrogens with zero attached hydrogens (tertiary/aromatic N) is 1. The van der Waals surface area contributed by atoms with Crippen molar-refractivity contribution in [3.63, 3.8) is 0 Å². The molecule has 1 fully saturated rings. The van der Waals surface area contributed by atoms with E-state index >= 15 is 0 Å². The second-order valence-corrected chi connectivity index (χ2v) is 4.81. The zero-order valence-electron chi connectivity index (χ0n) is 10.1. The van der Waals surface area contributed by atoms with Gasteiger partial charge in [0, 0.05) is 12.7 Å². The van der Waals surface area contributed by atoms with E-state index in [9.17, 15) is 4.79 Å². The molecule has 0 aromatic carbocycles. The number of carboxylic acid groups (broad SMARTS) is 1. The Hall–Kier alpha value is -1.58. The fourth-order valence-corrected chi connectivity index (χ4v) is 2.22. The molecular weight excluding hydrogens is 216 g/mol. The number of pyridine rings is 1.